The zero-order chi connectivity index (χ0) is 15.2. The molecule has 0 radical (unpaired) electrons. The third-order valence-electron chi connectivity index (χ3n) is 2.73. The summed E-state index contributed by atoms with van der Waals surface area (Å²) in [6.07, 6.45) is 2.22. The van der Waals surface area contributed by atoms with Crippen molar-refractivity contribution in [3.05, 3.63) is 34.4 Å². The van der Waals surface area contributed by atoms with Crippen LogP contribution < -0.4 is 5.32 Å². The van der Waals surface area contributed by atoms with Crippen LogP contribution in [0, 0.1) is 10.1 Å². The van der Waals surface area contributed by atoms with E-state index in [1.807, 2.05) is 6.92 Å². The molecule has 2 rings (SSSR count). The van der Waals surface area contributed by atoms with Crippen LogP contribution in [-0.2, 0) is 4.79 Å². The Balaban J connectivity index is 2.11. The predicted molar refractivity (Wildman–Crippen MR) is 80.2 cm³/mol. The first-order valence-electron chi connectivity index (χ1n) is 6.48. The largest absolute Gasteiger partial charge is 0.301 e. The van der Waals surface area contributed by atoms with Crippen molar-refractivity contribution in [2.75, 3.05) is 5.32 Å². The molecular formula is C13H14N4O3S. The van der Waals surface area contributed by atoms with Crippen molar-refractivity contribution in [2.45, 2.75) is 26.2 Å². The van der Waals surface area contributed by atoms with Crippen molar-refractivity contribution in [2.24, 2.45) is 0 Å². The highest BCUT2D eigenvalue weighted by Gasteiger charge is 2.12. The van der Waals surface area contributed by atoms with Crippen molar-refractivity contribution in [3.8, 4) is 10.6 Å². The molecule has 0 fully saturated rings. The van der Waals surface area contributed by atoms with Gasteiger partial charge in [0.25, 0.3) is 5.69 Å². The molecule has 0 bridgehead atoms. The molecule has 0 atom stereocenters. The highest BCUT2D eigenvalue weighted by molar-refractivity contribution is 7.18. The number of non-ortho nitro benzene ring substituents is 1. The van der Waals surface area contributed by atoms with Crippen LogP contribution in [0.5, 0.6) is 0 Å². The van der Waals surface area contributed by atoms with Crippen molar-refractivity contribution in [1.82, 2.24) is 10.2 Å². The lowest BCUT2D eigenvalue weighted by Crippen LogP contribution is -2.10. The van der Waals surface area contributed by atoms with Gasteiger partial charge in [0.1, 0.15) is 5.01 Å². The van der Waals surface area contributed by atoms with E-state index in [2.05, 4.69) is 15.5 Å². The SMILES string of the molecule is CCCCC(=O)Nc1nnc(-c2cccc([N+](=O)[O-])c2)s1. The Morgan fingerprint density at radius 2 is 2.24 bits per heavy atom. The number of rotatable bonds is 6. The van der Waals surface area contributed by atoms with E-state index in [-0.39, 0.29) is 11.6 Å². The lowest BCUT2D eigenvalue weighted by molar-refractivity contribution is -0.384. The van der Waals surface area contributed by atoms with E-state index in [1.165, 1.54) is 23.5 Å². The van der Waals surface area contributed by atoms with Crippen LogP contribution in [-0.4, -0.2) is 21.0 Å². The summed E-state index contributed by atoms with van der Waals surface area (Å²) in [5.41, 5.74) is 0.604. The molecular weight excluding hydrogens is 292 g/mol. The Kier molecular flexibility index (Phi) is 4.94. The third-order valence-corrected chi connectivity index (χ3v) is 3.62. The molecule has 1 amide bonds. The smallest absolute Gasteiger partial charge is 0.270 e. The molecule has 1 aromatic carbocycles. The summed E-state index contributed by atoms with van der Waals surface area (Å²) >= 11 is 1.19. The van der Waals surface area contributed by atoms with E-state index in [4.69, 9.17) is 0 Å². The summed E-state index contributed by atoms with van der Waals surface area (Å²) in [6, 6.07) is 6.16. The number of hydrogen-bond acceptors (Lipinski definition) is 6. The number of anilines is 1. The minimum Gasteiger partial charge on any atom is -0.301 e. The van der Waals surface area contributed by atoms with Crippen LogP contribution in [0.25, 0.3) is 10.6 Å². The molecule has 0 saturated heterocycles. The fourth-order valence-corrected chi connectivity index (χ4v) is 2.42. The Morgan fingerprint density at radius 3 is 2.95 bits per heavy atom. The molecule has 2 aromatic rings. The summed E-state index contributed by atoms with van der Waals surface area (Å²) in [5.74, 6) is -0.0985. The van der Waals surface area contributed by atoms with Gasteiger partial charge in [0, 0.05) is 24.1 Å². The first kappa shape index (κ1) is 15.0. The molecule has 0 aliphatic heterocycles. The Morgan fingerprint density at radius 1 is 1.43 bits per heavy atom. The molecule has 0 saturated carbocycles. The number of carbonyl (C=O) groups excluding carboxylic acids is 1. The topological polar surface area (TPSA) is 98.0 Å². The summed E-state index contributed by atoms with van der Waals surface area (Å²) in [5, 5.41) is 22.2. The molecule has 8 heteroatoms. The maximum absolute atomic E-state index is 11.6. The zero-order valence-electron chi connectivity index (χ0n) is 11.4. The van der Waals surface area contributed by atoms with E-state index in [0.717, 1.165) is 12.8 Å². The van der Waals surface area contributed by atoms with Gasteiger partial charge in [-0.25, -0.2) is 0 Å². The number of aromatic nitrogens is 2. The third kappa shape index (κ3) is 4.06. The van der Waals surface area contributed by atoms with Gasteiger partial charge in [-0.1, -0.05) is 36.8 Å². The van der Waals surface area contributed by atoms with Crippen LogP contribution in [0.2, 0.25) is 0 Å². The van der Waals surface area contributed by atoms with Crippen LogP contribution in [0.1, 0.15) is 26.2 Å². The quantitative estimate of drug-likeness (QED) is 0.652. The number of unbranched alkanes of at least 4 members (excludes halogenated alkanes) is 1. The monoisotopic (exact) mass is 306 g/mol. The minimum atomic E-state index is -0.460. The lowest BCUT2D eigenvalue weighted by atomic mass is 10.2. The number of nitrogens with one attached hydrogen (secondary N) is 1. The number of amides is 1. The summed E-state index contributed by atoms with van der Waals surface area (Å²) < 4.78 is 0. The summed E-state index contributed by atoms with van der Waals surface area (Å²) in [4.78, 5) is 21.9. The maximum Gasteiger partial charge on any atom is 0.270 e. The Labute approximate surface area is 125 Å². The Bertz CT molecular complexity index is 656. The van der Waals surface area contributed by atoms with Crippen LogP contribution >= 0.6 is 11.3 Å². The summed E-state index contributed by atoms with van der Waals surface area (Å²) in [6.45, 7) is 2.01. The van der Waals surface area contributed by atoms with Crippen molar-refractivity contribution >= 4 is 28.1 Å². The zero-order valence-corrected chi connectivity index (χ0v) is 12.2. The number of nitro groups is 1. The number of benzene rings is 1. The van der Waals surface area contributed by atoms with Gasteiger partial charge in [0.05, 0.1) is 4.92 Å². The van der Waals surface area contributed by atoms with E-state index in [0.29, 0.717) is 22.1 Å². The predicted octanol–water partition coefficient (Wildman–Crippen LogP) is 3.24. The fraction of sp³-hybridized carbons (Fsp3) is 0.308. The van der Waals surface area contributed by atoms with E-state index in [9.17, 15) is 14.9 Å². The van der Waals surface area contributed by atoms with Gasteiger partial charge in [-0.05, 0) is 6.42 Å². The van der Waals surface area contributed by atoms with Gasteiger partial charge >= 0.3 is 0 Å². The minimum absolute atomic E-state index is 0.00349. The van der Waals surface area contributed by atoms with Gasteiger partial charge in [0.2, 0.25) is 11.0 Å². The van der Waals surface area contributed by atoms with Crippen molar-refractivity contribution < 1.29 is 9.72 Å². The van der Waals surface area contributed by atoms with Gasteiger partial charge in [0.15, 0.2) is 0 Å². The average molecular weight is 306 g/mol. The van der Waals surface area contributed by atoms with Crippen LogP contribution in [0.15, 0.2) is 24.3 Å². The molecule has 0 aliphatic rings. The molecule has 110 valence electrons. The van der Waals surface area contributed by atoms with Gasteiger partial charge in [-0.3, -0.25) is 14.9 Å². The highest BCUT2D eigenvalue weighted by atomic mass is 32.1. The fourth-order valence-electron chi connectivity index (χ4n) is 1.66. The van der Waals surface area contributed by atoms with Crippen molar-refractivity contribution in [3.63, 3.8) is 0 Å². The first-order valence-corrected chi connectivity index (χ1v) is 7.30. The molecule has 0 spiro atoms. The molecule has 0 aliphatic carbocycles. The summed E-state index contributed by atoms with van der Waals surface area (Å²) in [7, 11) is 0. The standard InChI is InChI=1S/C13H14N4O3S/c1-2-3-7-11(18)14-13-16-15-12(21-13)9-5-4-6-10(8-9)17(19)20/h4-6,8H,2-3,7H2,1H3,(H,14,16,18). The van der Waals surface area contributed by atoms with Gasteiger partial charge in [-0.15, -0.1) is 10.2 Å². The van der Waals surface area contributed by atoms with Gasteiger partial charge in [-0.2, -0.15) is 0 Å². The number of nitrogens with zero attached hydrogens (tertiary/aromatic N) is 3. The van der Waals surface area contributed by atoms with Gasteiger partial charge < -0.3 is 5.32 Å². The molecule has 1 aromatic heterocycles. The highest BCUT2D eigenvalue weighted by Crippen LogP contribution is 2.28. The first-order chi connectivity index (χ1) is 10.1. The molecule has 1 N–H and O–H groups in total. The number of nitro benzene ring substituents is 1. The molecule has 0 unspecified atom stereocenters. The van der Waals surface area contributed by atoms with Crippen molar-refractivity contribution in [1.29, 1.82) is 0 Å². The second kappa shape index (κ2) is 6.89. The van der Waals surface area contributed by atoms with E-state index in [1.54, 1.807) is 12.1 Å². The number of hydrogen-bond donors (Lipinski definition) is 1. The van der Waals surface area contributed by atoms with Crippen LogP contribution in [0.3, 0.4) is 0 Å². The second-order valence-electron chi connectivity index (χ2n) is 4.37. The molecule has 1 heterocycles. The van der Waals surface area contributed by atoms with Crippen LogP contribution in [0.4, 0.5) is 10.8 Å². The van der Waals surface area contributed by atoms with E-state index < -0.39 is 4.92 Å². The second-order valence-corrected chi connectivity index (χ2v) is 5.35. The molecule has 21 heavy (non-hydrogen) atoms. The normalized spacial score (nSPS) is 10.3. The van der Waals surface area contributed by atoms with E-state index >= 15 is 0 Å². The Hall–Kier alpha value is -2.35. The average Bonchev–Trinajstić information content (AvgIpc) is 2.93. The maximum atomic E-state index is 11.6. The number of carbonyl (C=O) groups is 1. The lowest BCUT2D eigenvalue weighted by Gasteiger charge is -1.98. The molecule has 7 nitrogen and oxygen atoms in total.